The van der Waals surface area contributed by atoms with Gasteiger partial charge in [-0.2, -0.15) is 0 Å². The van der Waals surface area contributed by atoms with Gasteiger partial charge in [-0.25, -0.2) is 0 Å². The van der Waals surface area contributed by atoms with Crippen molar-refractivity contribution in [2.75, 3.05) is 27.3 Å². The average Bonchev–Trinajstić information content (AvgIpc) is 2.52. The predicted octanol–water partition coefficient (Wildman–Crippen LogP) is 1.28. The third-order valence-corrected chi connectivity index (χ3v) is 2.97. The van der Waals surface area contributed by atoms with E-state index in [4.69, 9.17) is 9.15 Å². The number of amides is 1. The Labute approximate surface area is 107 Å². The lowest BCUT2D eigenvalue weighted by atomic mass is 10.1. The maximum absolute atomic E-state index is 12.3. The fourth-order valence-corrected chi connectivity index (χ4v) is 1.94. The van der Waals surface area contributed by atoms with Crippen LogP contribution in [0.5, 0.6) is 0 Å². The van der Waals surface area contributed by atoms with Crippen molar-refractivity contribution in [1.82, 2.24) is 4.90 Å². The van der Waals surface area contributed by atoms with Crippen LogP contribution < -0.4 is 0 Å². The van der Waals surface area contributed by atoms with E-state index < -0.39 is 6.10 Å². The van der Waals surface area contributed by atoms with Gasteiger partial charge in [0.1, 0.15) is 11.5 Å². The number of aryl methyl sites for hydroxylation is 2. The van der Waals surface area contributed by atoms with Gasteiger partial charge in [-0.3, -0.25) is 4.79 Å². The van der Waals surface area contributed by atoms with E-state index >= 15 is 0 Å². The first-order valence-corrected chi connectivity index (χ1v) is 5.87. The molecule has 0 aliphatic carbocycles. The third-order valence-electron chi connectivity index (χ3n) is 2.97. The Bertz CT molecular complexity index is 425. The second kappa shape index (κ2) is 6.02. The van der Waals surface area contributed by atoms with Gasteiger partial charge in [0.05, 0.1) is 18.3 Å². The van der Waals surface area contributed by atoms with Gasteiger partial charge in [-0.15, -0.1) is 0 Å². The van der Waals surface area contributed by atoms with Crippen LogP contribution in [-0.4, -0.2) is 49.3 Å². The lowest BCUT2D eigenvalue weighted by molar-refractivity contribution is 0.0379. The lowest BCUT2D eigenvalue weighted by Crippen LogP contribution is -2.36. The van der Waals surface area contributed by atoms with Gasteiger partial charge < -0.3 is 19.2 Å². The van der Waals surface area contributed by atoms with Gasteiger partial charge in [0.25, 0.3) is 5.91 Å². The Morgan fingerprint density at radius 3 is 2.44 bits per heavy atom. The molecule has 1 atom stereocenters. The molecule has 1 N–H and O–H groups in total. The minimum Gasteiger partial charge on any atom is -0.466 e. The van der Waals surface area contributed by atoms with Crippen LogP contribution in [0.15, 0.2) is 4.42 Å². The van der Waals surface area contributed by atoms with Gasteiger partial charge in [-0.05, 0) is 20.8 Å². The summed E-state index contributed by atoms with van der Waals surface area (Å²) in [5.41, 5.74) is 1.44. The first-order valence-electron chi connectivity index (χ1n) is 5.87. The van der Waals surface area contributed by atoms with Crippen molar-refractivity contribution in [2.45, 2.75) is 26.9 Å². The molecule has 18 heavy (non-hydrogen) atoms. The first-order chi connectivity index (χ1) is 8.38. The number of methoxy groups -OCH3 is 1. The number of likely N-dealkylation sites (N-methyl/N-ethyl adjacent to an activating group) is 1. The number of carbonyl (C=O) groups excluding carboxylic acids is 1. The molecule has 1 amide bonds. The zero-order chi connectivity index (χ0) is 13.9. The molecule has 0 aliphatic rings. The molecule has 5 heteroatoms. The van der Waals surface area contributed by atoms with E-state index in [0.717, 1.165) is 11.3 Å². The molecular formula is C13H21NO4. The van der Waals surface area contributed by atoms with Crippen molar-refractivity contribution in [2.24, 2.45) is 0 Å². The number of nitrogens with zero attached hydrogens (tertiary/aromatic N) is 1. The average molecular weight is 255 g/mol. The number of hydrogen-bond donors (Lipinski definition) is 1. The Morgan fingerprint density at radius 1 is 1.39 bits per heavy atom. The molecule has 0 bridgehead atoms. The number of aliphatic hydroxyl groups is 1. The number of furan rings is 1. The molecule has 1 aromatic rings. The van der Waals surface area contributed by atoms with Crippen molar-refractivity contribution in [3.63, 3.8) is 0 Å². The molecule has 0 saturated carbocycles. The highest BCUT2D eigenvalue weighted by Crippen LogP contribution is 2.22. The van der Waals surface area contributed by atoms with Crippen molar-refractivity contribution in [3.8, 4) is 0 Å². The standard InChI is InChI=1S/C13H21NO4/c1-8-9(2)18-10(3)12(8)13(16)14(4)6-11(15)7-17-5/h11,15H,6-7H2,1-5H3. The summed E-state index contributed by atoms with van der Waals surface area (Å²) in [4.78, 5) is 13.7. The van der Waals surface area contributed by atoms with Crippen LogP contribution in [0.25, 0.3) is 0 Å². The highest BCUT2D eigenvalue weighted by Gasteiger charge is 2.22. The molecule has 0 aromatic carbocycles. The molecule has 0 aliphatic heterocycles. The maximum Gasteiger partial charge on any atom is 0.257 e. The van der Waals surface area contributed by atoms with Gasteiger partial charge in [0.2, 0.25) is 0 Å². The van der Waals surface area contributed by atoms with Gasteiger partial charge in [-0.1, -0.05) is 0 Å². The predicted molar refractivity (Wildman–Crippen MR) is 67.8 cm³/mol. The largest absolute Gasteiger partial charge is 0.466 e. The molecule has 102 valence electrons. The molecule has 1 heterocycles. The third kappa shape index (κ3) is 3.11. The highest BCUT2D eigenvalue weighted by molar-refractivity contribution is 5.96. The van der Waals surface area contributed by atoms with Gasteiger partial charge in [0.15, 0.2) is 0 Å². The van der Waals surface area contributed by atoms with E-state index in [1.54, 1.807) is 14.0 Å². The SMILES string of the molecule is COCC(O)CN(C)C(=O)c1c(C)oc(C)c1C. The molecule has 1 aromatic heterocycles. The topological polar surface area (TPSA) is 62.9 Å². The smallest absolute Gasteiger partial charge is 0.257 e. The Hall–Kier alpha value is -1.33. The highest BCUT2D eigenvalue weighted by atomic mass is 16.5. The van der Waals surface area contributed by atoms with Crippen molar-refractivity contribution < 1.29 is 19.1 Å². The monoisotopic (exact) mass is 255 g/mol. The molecule has 0 saturated heterocycles. The molecule has 5 nitrogen and oxygen atoms in total. The van der Waals surface area contributed by atoms with Gasteiger partial charge >= 0.3 is 0 Å². The van der Waals surface area contributed by atoms with Crippen molar-refractivity contribution in [3.05, 3.63) is 22.6 Å². The number of carbonyl (C=O) groups is 1. The minimum atomic E-state index is -0.683. The summed E-state index contributed by atoms with van der Waals surface area (Å²) in [7, 11) is 3.17. The summed E-state index contributed by atoms with van der Waals surface area (Å²) in [5, 5.41) is 9.62. The summed E-state index contributed by atoms with van der Waals surface area (Å²) in [6.45, 7) is 5.90. The summed E-state index contributed by atoms with van der Waals surface area (Å²) >= 11 is 0. The number of hydrogen-bond acceptors (Lipinski definition) is 4. The molecule has 0 fully saturated rings. The molecule has 1 unspecified atom stereocenters. The Morgan fingerprint density at radius 2 is 2.00 bits per heavy atom. The van der Waals surface area contributed by atoms with Crippen LogP contribution in [0.2, 0.25) is 0 Å². The normalized spacial score (nSPS) is 12.6. The van der Waals surface area contributed by atoms with Crippen LogP contribution in [0.1, 0.15) is 27.4 Å². The molecule has 0 spiro atoms. The maximum atomic E-state index is 12.3. The van der Waals surface area contributed by atoms with Crippen LogP contribution >= 0.6 is 0 Å². The van der Waals surface area contributed by atoms with E-state index in [2.05, 4.69) is 0 Å². The van der Waals surface area contributed by atoms with E-state index in [-0.39, 0.29) is 19.1 Å². The summed E-state index contributed by atoms with van der Waals surface area (Å²) in [6, 6.07) is 0. The second-order valence-electron chi connectivity index (χ2n) is 4.51. The van der Waals surface area contributed by atoms with E-state index in [1.165, 1.54) is 12.0 Å². The molecule has 0 radical (unpaired) electrons. The molecule has 1 rings (SSSR count). The number of ether oxygens (including phenoxy) is 1. The lowest BCUT2D eigenvalue weighted by Gasteiger charge is -2.20. The second-order valence-corrected chi connectivity index (χ2v) is 4.51. The van der Waals surface area contributed by atoms with E-state index in [9.17, 15) is 9.90 Å². The Kier molecular flexibility index (Phi) is 4.93. The van der Waals surface area contributed by atoms with Crippen molar-refractivity contribution >= 4 is 5.91 Å². The zero-order valence-electron chi connectivity index (χ0n) is 11.6. The summed E-state index contributed by atoms with van der Waals surface area (Å²) in [6.07, 6.45) is -0.683. The number of aliphatic hydroxyl groups excluding tert-OH is 1. The summed E-state index contributed by atoms with van der Waals surface area (Å²) in [5.74, 6) is 1.22. The van der Waals surface area contributed by atoms with Crippen LogP contribution in [0, 0.1) is 20.8 Å². The molecular weight excluding hydrogens is 234 g/mol. The zero-order valence-corrected chi connectivity index (χ0v) is 11.6. The van der Waals surface area contributed by atoms with E-state index in [1.807, 2.05) is 13.8 Å². The first kappa shape index (κ1) is 14.7. The summed E-state index contributed by atoms with van der Waals surface area (Å²) < 4.78 is 10.3. The number of rotatable bonds is 5. The van der Waals surface area contributed by atoms with Crippen LogP contribution in [0.4, 0.5) is 0 Å². The fraction of sp³-hybridized carbons (Fsp3) is 0.615. The fourth-order valence-electron chi connectivity index (χ4n) is 1.94. The van der Waals surface area contributed by atoms with Crippen LogP contribution in [0.3, 0.4) is 0 Å². The van der Waals surface area contributed by atoms with Crippen molar-refractivity contribution in [1.29, 1.82) is 0 Å². The van der Waals surface area contributed by atoms with Crippen LogP contribution in [-0.2, 0) is 4.74 Å². The van der Waals surface area contributed by atoms with Gasteiger partial charge in [0, 0.05) is 26.3 Å². The minimum absolute atomic E-state index is 0.142. The quantitative estimate of drug-likeness (QED) is 0.861. The van der Waals surface area contributed by atoms with E-state index in [0.29, 0.717) is 11.3 Å². The Balaban J connectivity index is 2.80.